The third kappa shape index (κ3) is 4.56. The lowest BCUT2D eigenvalue weighted by Crippen LogP contribution is -2.10. The molecule has 18 heavy (non-hydrogen) atoms. The first-order valence-corrected chi connectivity index (χ1v) is 5.99. The van der Waals surface area contributed by atoms with Crippen LogP contribution in [-0.2, 0) is 0 Å². The van der Waals surface area contributed by atoms with Gasteiger partial charge in [-0.2, -0.15) is 13.2 Å². The van der Waals surface area contributed by atoms with Gasteiger partial charge in [-0.1, -0.05) is 0 Å². The average Bonchev–Trinajstić information content (AvgIpc) is 2.25. The minimum atomic E-state index is -4.25. The second-order valence-corrected chi connectivity index (χ2v) is 4.55. The van der Waals surface area contributed by atoms with E-state index in [1.54, 1.807) is 6.92 Å². The molecule has 0 radical (unpaired) electrons. The van der Waals surface area contributed by atoms with Crippen molar-refractivity contribution in [2.24, 2.45) is 4.99 Å². The molecule has 0 fully saturated rings. The van der Waals surface area contributed by atoms with Crippen molar-refractivity contribution in [1.29, 1.82) is 0 Å². The van der Waals surface area contributed by atoms with E-state index in [0.717, 1.165) is 0 Å². The molecular formula is C11H12F4N2S. The largest absolute Gasteiger partial charge is 0.398 e. The Morgan fingerprint density at radius 3 is 2.61 bits per heavy atom. The van der Waals surface area contributed by atoms with Gasteiger partial charge in [0, 0.05) is 11.9 Å². The highest BCUT2D eigenvalue weighted by molar-refractivity contribution is 7.99. The molecule has 100 valence electrons. The monoisotopic (exact) mass is 280 g/mol. The van der Waals surface area contributed by atoms with Crippen LogP contribution in [-0.4, -0.2) is 25.3 Å². The molecule has 7 heteroatoms. The SMILES string of the molecule is CN=CNc1cc(SCC(F)(F)F)c(C)cc1F. The van der Waals surface area contributed by atoms with Crippen LogP contribution >= 0.6 is 11.8 Å². The zero-order chi connectivity index (χ0) is 13.8. The van der Waals surface area contributed by atoms with Gasteiger partial charge in [0.05, 0.1) is 17.8 Å². The molecule has 1 N–H and O–H groups in total. The highest BCUT2D eigenvalue weighted by Crippen LogP contribution is 2.32. The summed E-state index contributed by atoms with van der Waals surface area (Å²) >= 11 is 0.634. The number of benzene rings is 1. The van der Waals surface area contributed by atoms with Crippen molar-refractivity contribution >= 4 is 23.8 Å². The molecule has 0 aromatic heterocycles. The summed E-state index contributed by atoms with van der Waals surface area (Å²) in [6, 6.07) is 2.55. The Bertz CT molecular complexity index is 443. The molecule has 0 saturated carbocycles. The first kappa shape index (κ1) is 14.8. The van der Waals surface area contributed by atoms with Crippen LogP contribution in [0.2, 0.25) is 0 Å². The Kier molecular flexibility index (Phi) is 5.01. The van der Waals surface area contributed by atoms with Gasteiger partial charge in [0.2, 0.25) is 0 Å². The molecule has 0 bridgehead atoms. The Hall–Kier alpha value is -1.24. The summed E-state index contributed by atoms with van der Waals surface area (Å²) in [5, 5.41) is 2.57. The van der Waals surface area contributed by atoms with E-state index in [-0.39, 0.29) is 5.69 Å². The zero-order valence-corrected chi connectivity index (χ0v) is 10.6. The summed E-state index contributed by atoms with van der Waals surface area (Å²) in [5.41, 5.74) is 0.580. The Morgan fingerprint density at radius 1 is 1.39 bits per heavy atom. The number of nitrogens with one attached hydrogen (secondary N) is 1. The maximum atomic E-state index is 13.5. The summed E-state index contributed by atoms with van der Waals surface area (Å²) in [6.07, 6.45) is -2.98. The Balaban J connectivity index is 2.90. The number of rotatable bonds is 4. The number of nitrogens with zero attached hydrogens (tertiary/aromatic N) is 1. The quantitative estimate of drug-likeness (QED) is 0.392. The summed E-state index contributed by atoms with van der Waals surface area (Å²) in [4.78, 5) is 4.01. The van der Waals surface area contributed by atoms with Gasteiger partial charge >= 0.3 is 6.18 Å². The maximum Gasteiger partial charge on any atom is 0.398 e. The van der Waals surface area contributed by atoms with Gasteiger partial charge in [-0.05, 0) is 24.6 Å². The van der Waals surface area contributed by atoms with Crippen LogP contribution in [0.25, 0.3) is 0 Å². The molecule has 1 aromatic rings. The topological polar surface area (TPSA) is 24.4 Å². The third-order valence-electron chi connectivity index (χ3n) is 2.01. The van der Waals surface area contributed by atoms with Crippen LogP contribution in [0.3, 0.4) is 0 Å². The van der Waals surface area contributed by atoms with Gasteiger partial charge in [0.25, 0.3) is 0 Å². The van der Waals surface area contributed by atoms with E-state index in [9.17, 15) is 17.6 Å². The lowest BCUT2D eigenvalue weighted by atomic mass is 10.2. The fourth-order valence-electron chi connectivity index (χ4n) is 1.21. The molecule has 0 unspecified atom stereocenters. The van der Waals surface area contributed by atoms with E-state index < -0.39 is 17.7 Å². The molecule has 0 saturated heterocycles. The van der Waals surface area contributed by atoms with E-state index in [2.05, 4.69) is 10.3 Å². The minimum Gasteiger partial charge on any atom is -0.344 e. The standard InChI is InChI=1S/C11H12F4N2S/c1-7-3-8(12)9(17-6-16-2)4-10(7)18-5-11(13,14)15/h3-4,6H,5H2,1-2H3,(H,16,17). The predicted octanol–water partition coefficient (Wildman–Crippen LogP) is 3.86. The van der Waals surface area contributed by atoms with Crippen molar-refractivity contribution in [1.82, 2.24) is 0 Å². The molecule has 0 aliphatic rings. The number of aryl methyl sites for hydroxylation is 1. The Morgan fingerprint density at radius 2 is 2.06 bits per heavy atom. The zero-order valence-electron chi connectivity index (χ0n) is 9.81. The number of aliphatic imine (C=N–C) groups is 1. The highest BCUT2D eigenvalue weighted by atomic mass is 32.2. The third-order valence-corrected chi connectivity index (χ3v) is 3.23. The van der Waals surface area contributed by atoms with E-state index in [1.165, 1.54) is 25.5 Å². The number of anilines is 1. The van der Waals surface area contributed by atoms with Crippen LogP contribution in [0, 0.1) is 12.7 Å². The second kappa shape index (κ2) is 6.08. The molecule has 0 amide bonds. The van der Waals surface area contributed by atoms with Gasteiger partial charge in [0.15, 0.2) is 0 Å². The lowest BCUT2D eigenvalue weighted by molar-refractivity contribution is -0.105. The Labute approximate surface area is 106 Å². The minimum absolute atomic E-state index is 0.107. The molecule has 0 atom stereocenters. The number of hydrogen-bond acceptors (Lipinski definition) is 2. The maximum absolute atomic E-state index is 13.5. The fraction of sp³-hybridized carbons (Fsp3) is 0.364. The second-order valence-electron chi connectivity index (χ2n) is 3.53. The number of thioether (sulfide) groups is 1. The van der Waals surface area contributed by atoms with Crippen LogP contribution in [0.4, 0.5) is 23.2 Å². The number of halogens is 4. The lowest BCUT2D eigenvalue weighted by Gasteiger charge is -2.11. The average molecular weight is 280 g/mol. The van der Waals surface area contributed by atoms with Crippen molar-refractivity contribution in [3.63, 3.8) is 0 Å². The number of alkyl halides is 3. The summed E-state index contributed by atoms with van der Waals surface area (Å²) in [7, 11) is 1.50. The van der Waals surface area contributed by atoms with E-state index in [4.69, 9.17) is 0 Å². The molecule has 2 nitrogen and oxygen atoms in total. The summed E-state index contributed by atoms with van der Waals surface area (Å²) in [6.45, 7) is 1.57. The normalized spacial score (nSPS) is 12.1. The van der Waals surface area contributed by atoms with Crippen LogP contribution in [0.1, 0.15) is 5.56 Å². The van der Waals surface area contributed by atoms with Crippen LogP contribution < -0.4 is 5.32 Å². The van der Waals surface area contributed by atoms with Crippen LogP contribution in [0.5, 0.6) is 0 Å². The molecular weight excluding hydrogens is 268 g/mol. The van der Waals surface area contributed by atoms with Crippen LogP contribution in [0.15, 0.2) is 22.0 Å². The molecule has 0 aliphatic carbocycles. The first-order chi connectivity index (χ1) is 8.33. The smallest absolute Gasteiger partial charge is 0.344 e. The fourth-order valence-corrected chi connectivity index (χ4v) is 2.02. The van der Waals surface area contributed by atoms with Crippen molar-refractivity contribution in [3.05, 3.63) is 23.5 Å². The first-order valence-electron chi connectivity index (χ1n) is 5.00. The van der Waals surface area contributed by atoms with Gasteiger partial charge < -0.3 is 5.32 Å². The highest BCUT2D eigenvalue weighted by Gasteiger charge is 2.27. The van der Waals surface area contributed by atoms with E-state index in [1.807, 2.05) is 0 Å². The molecule has 0 spiro atoms. The van der Waals surface area contributed by atoms with Gasteiger partial charge in [-0.15, -0.1) is 11.8 Å². The predicted molar refractivity (Wildman–Crippen MR) is 66.0 cm³/mol. The van der Waals surface area contributed by atoms with E-state index >= 15 is 0 Å². The molecule has 1 rings (SSSR count). The van der Waals surface area contributed by atoms with Crippen molar-refractivity contribution in [3.8, 4) is 0 Å². The molecule has 0 aliphatic heterocycles. The van der Waals surface area contributed by atoms with Crippen molar-refractivity contribution < 1.29 is 17.6 Å². The van der Waals surface area contributed by atoms with Crippen molar-refractivity contribution in [2.45, 2.75) is 18.0 Å². The summed E-state index contributed by atoms with van der Waals surface area (Å²) in [5.74, 6) is -1.52. The van der Waals surface area contributed by atoms with Gasteiger partial charge in [-0.25, -0.2) is 4.39 Å². The summed E-state index contributed by atoms with van der Waals surface area (Å²) < 4.78 is 49.8. The van der Waals surface area contributed by atoms with Crippen molar-refractivity contribution in [2.75, 3.05) is 18.1 Å². The number of hydrogen-bond donors (Lipinski definition) is 1. The van der Waals surface area contributed by atoms with E-state index in [0.29, 0.717) is 22.2 Å². The van der Waals surface area contributed by atoms with Gasteiger partial charge in [-0.3, -0.25) is 4.99 Å². The molecule has 0 heterocycles. The molecule has 1 aromatic carbocycles. The van der Waals surface area contributed by atoms with Gasteiger partial charge in [0.1, 0.15) is 5.82 Å².